The van der Waals surface area contributed by atoms with E-state index in [1.807, 2.05) is 24.0 Å². The number of rotatable bonds is 1. The van der Waals surface area contributed by atoms with Crippen LogP contribution in [0.3, 0.4) is 0 Å². The SMILES string of the molecule is Cc1ccc(C(=O)N2CC3CC(C2)[C@H]2CCCC(=O)N2C3)cn1. The number of likely N-dealkylation sites (tertiary alicyclic amines) is 1. The molecule has 5 nitrogen and oxygen atoms in total. The van der Waals surface area contributed by atoms with Gasteiger partial charge >= 0.3 is 0 Å². The molecular formula is C18H23N3O2. The average molecular weight is 313 g/mol. The van der Waals surface area contributed by atoms with Gasteiger partial charge in [-0.15, -0.1) is 0 Å². The van der Waals surface area contributed by atoms with E-state index in [0.29, 0.717) is 35.8 Å². The molecule has 3 aliphatic heterocycles. The van der Waals surface area contributed by atoms with Gasteiger partial charge in [-0.2, -0.15) is 0 Å². The molecule has 2 bridgehead atoms. The second-order valence-corrected chi connectivity index (χ2v) is 7.27. The zero-order chi connectivity index (χ0) is 16.0. The maximum absolute atomic E-state index is 12.8. The molecule has 0 aliphatic carbocycles. The number of hydrogen-bond donors (Lipinski definition) is 0. The van der Waals surface area contributed by atoms with Crippen LogP contribution in [0.15, 0.2) is 18.3 Å². The van der Waals surface area contributed by atoms with Crippen molar-refractivity contribution in [2.45, 2.75) is 38.6 Å². The number of fused-ring (bicyclic) bond motifs is 4. The zero-order valence-corrected chi connectivity index (χ0v) is 13.6. The highest BCUT2D eigenvalue weighted by Gasteiger charge is 2.44. The van der Waals surface area contributed by atoms with E-state index in [-0.39, 0.29) is 5.91 Å². The molecule has 4 heterocycles. The van der Waals surface area contributed by atoms with E-state index in [2.05, 4.69) is 9.88 Å². The maximum Gasteiger partial charge on any atom is 0.255 e. The quantitative estimate of drug-likeness (QED) is 0.795. The minimum atomic E-state index is 0.0859. The number of aryl methyl sites for hydroxylation is 1. The Morgan fingerprint density at radius 1 is 1.26 bits per heavy atom. The number of aromatic nitrogens is 1. The molecule has 2 unspecified atom stereocenters. The van der Waals surface area contributed by atoms with Crippen molar-refractivity contribution in [2.75, 3.05) is 19.6 Å². The Kier molecular flexibility index (Phi) is 3.58. The Balaban J connectivity index is 1.52. The molecule has 5 heteroatoms. The summed E-state index contributed by atoms with van der Waals surface area (Å²) in [6, 6.07) is 4.10. The Hall–Kier alpha value is -1.91. The standard InChI is InChI=1S/C18H23N3O2/c1-12-5-6-14(8-19-12)18(23)20-9-13-7-15(11-20)16-3-2-4-17(22)21(16)10-13/h5-6,8,13,15-16H,2-4,7,9-11H2,1H3/t13?,15?,16-/m1/s1. The zero-order valence-electron chi connectivity index (χ0n) is 13.6. The first-order valence-electron chi connectivity index (χ1n) is 8.63. The summed E-state index contributed by atoms with van der Waals surface area (Å²) in [4.78, 5) is 33.3. The van der Waals surface area contributed by atoms with Gasteiger partial charge in [0.15, 0.2) is 0 Å². The molecule has 0 aromatic carbocycles. The van der Waals surface area contributed by atoms with Crippen molar-refractivity contribution in [1.29, 1.82) is 0 Å². The molecule has 3 saturated heterocycles. The van der Waals surface area contributed by atoms with Crippen LogP contribution in [0.2, 0.25) is 0 Å². The van der Waals surface area contributed by atoms with Crippen molar-refractivity contribution in [2.24, 2.45) is 11.8 Å². The number of nitrogens with zero attached hydrogens (tertiary/aromatic N) is 3. The summed E-state index contributed by atoms with van der Waals surface area (Å²) < 4.78 is 0. The van der Waals surface area contributed by atoms with Crippen molar-refractivity contribution in [3.8, 4) is 0 Å². The molecule has 3 aliphatic rings. The first-order valence-corrected chi connectivity index (χ1v) is 8.63. The monoisotopic (exact) mass is 313 g/mol. The molecule has 3 fully saturated rings. The van der Waals surface area contributed by atoms with Gasteiger partial charge in [-0.05, 0) is 50.2 Å². The smallest absolute Gasteiger partial charge is 0.255 e. The minimum absolute atomic E-state index is 0.0859. The van der Waals surface area contributed by atoms with Gasteiger partial charge in [-0.3, -0.25) is 14.6 Å². The molecule has 0 N–H and O–H groups in total. The van der Waals surface area contributed by atoms with Crippen LogP contribution in [0.25, 0.3) is 0 Å². The van der Waals surface area contributed by atoms with Gasteiger partial charge in [-0.25, -0.2) is 0 Å². The lowest BCUT2D eigenvalue weighted by molar-refractivity contribution is -0.144. The number of pyridine rings is 1. The molecule has 0 radical (unpaired) electrons. The fraction of sp³-hybridized carbons (Fsp3) is 0.611. The fourth-order valence-corrected chi connectivity index (χ4v) is 4.55. The summed E-state index contributed by atoms with van der Waals surface area (Å²) in [7, 11) is 0. The molecule has 0 saturated carbocycles. The summed E-state index contributed by atoms with van der Waals surface area (Å²) in [5.74, 6) is 1.27. The van der Waals surface area contributed by atoms with Crippen molar-refractivity contribution < 1.29 is 9.59 Å². The first-order chi connectivity index (χ1) is 11.1. The predicted molar refractivity (Wildman–Crippen MR) is 85.8 cm³/mol. The van der Waals surface area contributed by atoms with E-state index < -0.39 is 0 Å². The number of hydrogen-bond acceptors (Lipinski definition) is 3. The van der Waals surface area contributed by atoms with Gasteiger partial charge in [0, 0.05) is 44.0 Å². The van der Waals surface area contributed by atoms with Crippen LogP contribution in [0.4, 0.5) is 0 Å². The van der Waals surface area contributed by atoms with E-state index in [1.54, 1.807) is 6.20 Å². The highest BCUT2D eigenvalue weighted by Crippen LogP contribution is 2.38. The largest absolute Gasteiger partial charge is 0.339 e. The summed E-state index contributed by atoms with van der Waals surface area (Å²) in [5.41, 5.74) is 1.60. The van der Waals surface area contributed by atoms with Gasteiger partial charge < -0.3 is 9.80 Å². The minimum Gasteiger partial charge on any atom is -0.339 e. The molecule has 0 spiro atoms. The van der Waals surface area contributed by atoms with Crippen LogP contribution in [0.5, 0.6) is 0 Å². The second-order valence-electron chi connectivity index (χ2n) is 7.27. The third kappa shape index (κ3) is 2.62. The molecule has 4 rings (SSSR count). The molecule has 1 aromatic heterocycles. The van der Waals surface area contributed by atoms with Gasteiger partial charge in [0.2, 0.25) is 5.91 Å². The Morgan fingerprint density at radius 3 is 2.91 bits per heavy atom. The van der Waals surface area contributed by atoms with Crippen LogP contribution in [0.1, 0.15) is 41.7 Å². The van der Waals surface area contributed by atoms with Crippen LogP contribution < -0.4 is 0 Å². The molecule has 122 valence electrons. The Morgan fingerprint density at radius 2 is 2.13 bits per heavy atom. The van der Waals surface area contributed by atoms with E-state index in [1.165, 1.54) is 0 Å². The lowest BCUT2D eigenvalue weighted by Gasteiger charge is -2.52. The highest BCUT2D eigenvalue weighted by atomic mass is 16.2. The fourth-order valence-electron chi connectivity index (χ4n) is 4.55. The summed E-state index contributed by atoms with van der Waals surface area (Å²) in [6.45, 7) is 4.29. The molecular weight excluding hydrogens is 290 g/mol. The Bertz CT molecular complexity index is 628. The number of piperidine rings is 3. The van der Waals surface area contributed by atoms with E-state index in [4.69, 9.17) is 0 Å². The van der Waals surface area contributed by atoms with Crippen LogP contribution in [0, 0.1) is 18.8 Å². The number of carbonyl (C=O) groups excluding carboxylic acids is 2. The van der Waals surface area contributed by atoms with Crippen molar-refractivity contribution >= 4 is 11.8 Å². The first kappa shape index (κ1) is 14.7. The topological polar surface area (TPSA) is 53.5 Å². The van der Waals surface area contributed by atoms with E-state index in [0.717, 1.165) is 44.6 Å². The van der Waals surface area contributed by atoms with Crippen molar-refractivity contribution in [3.05, 3.63) is 29.6 Å². The van der Waals surface area contributed by atoms with Crippen molar-refractivity contribution in [1.82, 2.24) is 14.8 Å². The summed E-state index contributed by atoms with van der Waals surface area (Å²) >= 11 is 0. The van der Waals surface area contributed by atoms with Gasteiger partial charge in [0.05, 0.1) is 5.56 Å². The van der Waals surface area contributed by atoms with Gasteiger partial charge in [0.25, 0.3) is 5.91 Å². The molecule has 1 aromatic rings. The average Bonchev–Trinajstić information content (AvgIpc) is 2.56. The lowest BCUT2D eigenvalue weighted by atomic mass is 9.76. The Labute approximate surface area is 136 Å². The lowest BCUT2D eigenvalue weighted by Crippen LogP contribution is -2.61. The third-order valence-electron chi connectivity index (χ3n) is 5.63. The second kappa shape index (κ2) is 5.62. The van der Waals surface area contributed by atoms with Crippen molar-refractivity contribution in [3.63, 3.8) is 0 Å². The molecule has 23 heavy (non-hydrogen) atoms. The maximum atomic E-state index is 12.8. The van der Waals surface area contributed by atoms with Gasteiger partial charge in [0.1, 0.15) is 0 Å². The summed E-state index contributed by atoms with van der Waals surface area (Å²) in [6.07, 6.45) is 5.63. The summed E-state index contributed by atoms with van der Waals surface area (Å²) in [5, 5.41) is 0. The van der Waals surface area contributed by atoms with E-state index in [9.17, 15) is 9.59 Å². The molecule has 3 atom stereocenters. The van der Waals surface area contributed by atoms with Gasteiger partial charge in [-0.1, -0.05) is 0 Å². The van der Waals surface area contributed by atoms with Crippen LogP contribution in [-0.4, -0.2) is 52.3 Å². The number of carbonyl (C=O) groups is 2. The predicted octanol–water partition coefficient (Wildman–Crippen LogP) is 1.86. The third-order valence-corrected chi connectivity index (χ3v) is 5.63. The van der Waals surface area contributed by atoms with Crippen LogP contribution in [-0.2, 0) is 4.79 Å². The van der Waals surface area contributed by atoms with E-state index >= 15 is 0 Å². The van der Waals surface area contributed by atoms with Crippen LogP contribution >= 0.6 is 0 Å². The number of amides is 2. The highest BCUT2D eigenvalue weighted by molar-refractivity contribution is 5.94. The molecule has 2 amide bonds. The normalized spacial score (nSPS) is 30.1.